The number of nitrogens with zero attached hydrogens (tertiary/aromatic N) is 3. The molecule has 3 aromatic carbocycles. The molecule has 170 valence electrons. The molecule has 0 unspecified atom stereocenters. The highest BCUT2D eigenvalue weighted by molar-refractivity contribution is 6.42. The van der Waals surface area contributed by atoms with Crippen LogP contribution in [0.4, 0.5) is 0 Å². The average Bonchev–Trinajstić information content (AvgIpc) is 3.29. The predicted octanol–water partition coefficient (Wildman–Crippen LogP) is 4.73. The van der Waals surface area contributed by atoms with E-state index in [1.54, 1.807) is 4.68 Å². The van der Waals surface area contributed by atoms with Crippen molar-refractivity contribution in [2.45, 2.75) is 0 Å². The van der Waals surface area contributed by atoms with Crippen LogP contribution in [0, 0.1) is 0 Å². The van der Waals surface area contributed by atoms with Gasteiger partial charge in [-0.2, -0.15) is 10.2 Å². The van der Waals surface area contributed by atoms with E-state index in [1.807, 2.05) is 66.9 Å². The molecule has 0 fully saturated rings. The first kappa shape index (κ1) is 23.2. The fraction of sp³-hybridized carbons (Fsp3) is 0.0400. The highest BCUT2D eigenvalue weighted by atomic mass is 35.5. The molecule has 9 heteroatoms. The van der Waals surface area contributed by atoms with Crippen molar-refractivity contribution in [2.75, 3.05) is 6.54 Å². The van der Waals surface area contributed by atoms with Crippen molar-refractivity contribution in [2.24, 2.45) is 5.10 Å². The minimum Gasteiger partial charge on any atom is -0.343 e. The first-order valence-corrected chi connectivity index (χ1v) is 11.0. The summed E-state index contributed by atoms with van der Waals surface area (Å²) in [5.41, 5.74) is 5.96. The van der Waals surface area contributed by atoms with Gasteiger partial charge in [-0.1, -0.05) is 71.7 Å². The van der Waals surface area contributed by atoms with Gasteiger partial charge in [-0.05, 0) is 30.3 Å². The number of hydrazone groups is 1. The Morgan fingerprint density at radius 2 is 1.65 bits per heavy atom. The van der Waals surface area contributed by atoms with Crippen molar-refractivity contribution in [1.29, 1.82) is 0 Å². The number of amides is 2. The molecule has 0 saturated heterocycles. The summed E-state index contributed by atoms with van der Waals surface area (Å²) >= 11 is 11.8. The Hall–Kier alpha value is -3.94. The lowest BCUT2D eigenvalue weighted by Gasteiger charge is -2.05. The Balaban J connectivity index is 1.43. The van der Waals surface area contributed by atoms with E-state index in [0.29, 0.717) is 10.6 Å². The fourth-order valence-corrected chi connectivity index (χ4v) is 3.43. The molecule has 34 heavy (non-hydrogen) atoms. The molecule has 4 rings (SSSR count). The Labute approximate surface area is 206 Å². The maximum atomic E-state index is 12.2. The van der Waals surface area contributed by atoms with Crippen LogP contribution in [0.25, 0.3) is 16.9 Å². The van der Waals surface area contributed by atoms with E-state index >= 15 is 0 Å². The highest BCUT2D eigenvalue weighted by Gasteiger charge is 2.12. The van der Waals surface area contributed by atoms with Crippen LogP contribution in [-0.4, -0.2) is 34.4 Å². The molecule has 0 spiro atoms. The van der Waals surface area contributed by atoms with Crippen molar-refractivity contribution in [3.05, 3.63) is 106 Å². The summed E-state index contributed by atoms with van der Waals surface area (Å²) in [5, 5.41) is 11.8. The molecular formula is C25H19Cl2N5O2. The lowest BCUT2D eigenvalue weighted by molar-refractivity contribution is -0.120. The Bertz CT molecular complexity index is 1340. The fourth-order valence-electron chi connectivity index (χ4n) is 3.13. The highest BCUT2D eigenvalue weighted by Crippen LogP contribution is 2.23. The van der Waals surface area contributed by atoms with Crippen LogP contribution in [-0.2, 0) is 4.79 Å². The first-order chi connectivity index (χ1) is 16.5. The summed E-state index contributed by atoms with van der Waals surface area (Å²) in [7, 11) is 0. The van der Waals surface area contributed by atoms with Gasteiger partial charge in [0.15, 0.2) is 0 Å². The zero-order valence-corrected chi connectivity index (χ0v) is 19.3. The van der Waals surface area contributed by atoms with Crippen LogP contribution < -0.4 is 10.7 Å². The van der Waals surface area contributed by atoms with Gasteiger partial charge in [0.25, 0.3) is 11.8 Å². The van der Waals surface area contributed by atoms with Crippen molar-refractivity contribution in [3.8, 4) is 16.9 Å². The molecule has 4 aromatic rings. The van der Waals surface area contributed by atoms with Gasteiger partial charge in [0.2, 0.25) is 0 Å². The minimum absolute atomic E-state index is 0.258. The number of hydrogen-bond acceptors (Lipinski definition) is 4. The number of hydrogen-bond donors (Lipinski definition) is 2. The summed E-state index contributed by atoms with van der Waals surface area (Å²) in [6.07, 6.45) is 3.35. The molecule has 0 saturated carbocycles. The van der Waals surface area contributed by atoms with Crippen LogP contribution in [0.2, 0.25) is 10.0 Å². The lowest BCUT2D eigenvalue weighted by Crippen LogP contribution is -2.34. The number of benzene rings is 3. The quantitative estimate of drug-likeness (QED) is 0.289. The predicted molar refractivity (Wildman–Crippen MR) is 134 cm³/mol. The van der Waals surface area contributed by atoms with Crippen molar-refractivity contribution < 1.29 is 9.59 Å². The normalized spacial score (nSPS) is 10.9. The second-order valence-electron chi connectivity index (χ2n) is 7.18. The molecule has 0 atom stereocenters. The molecule has 1 heterocycles. The third-order valence-electron chi connectivity index (χ3n) is 4.79. The first-order valence-electron chi connectivity index (χ1n) is 10.3. The van der Waals surface area contributed by atoms with Crippen LogP contribution in [0.3, 0.4) is 0 Å². The standard InChI is InChI=1S/C25H19Cl2N5O2/c26-21-12-11-18(13-22(21)27)25(34)28-15-23(33)30-29-14-19-16-32(20-9-5-2-6-10-20)31-24(19)17-7-3-1-4-8-17/h1-14,16H,15H2,(H,28,34)(H,30,33)/b29-14-. The van der Waals surface area contributed by atoms with Gasteiger partial charge in [0, 0.05) is 22.9 Å². The molecule has 7 nitrogen and oxygen atoms in total. The zero-order valence-electron chi connectivity index (χ0n) is 17.8. The van der Waals surface area contributed by atoms with E-state index in [0.717, 1.165) is 22.5 Å². The number of para-hydroxylation sites is 1. The Morgan fingerprint density at radius 3 is 2.35 bits per heavy atom. The SMILES string of the molecule is O=C(CNC(=O)c1ccc(Cl)c(Cl)c1)N/N=C\c1cn(-c2ccccc2)nc1-c1ccccc1. The third-order valence-corrected chi connectivity index (χ3v) is 5.53. The minimum atomic E-state index is -0.485. The number of carbonyl (C=O) groups is 2. The summed E-state index contributed by atoms with van der Waals surface area (Å²) < 4.78 is 1.75. The summed E-state index contributed by atoms with van der Waals surface area (Å²) in [5.74, 6) is -0.936. The van der Waals surface area contributed by atoms with E-state index in [4.69, 9.17) is 28.3 Å². The maximum Gasteiger partial charge on any atom is 0.259 e. The molecule has 0 radical (unpaired) electrons. The number of nitrogens with one attached hydrogen (secondary N) is 2. The summed E-state index contributed by atoms with van der Waals surface area (Å²) in [4.78, 5) is 24.4. The molecule has 0 aliphatic carbocycles. The van der Waals surface area contributed by atoms with Crippen LogP contribution in [0.5, 0.6) is 0 Å². The largest absolute Gasteiger partial charge is 0.343 e. The van der Waals surface area contributed by atoms with Gasteiger partial charge in [-0.15, -0.1) is 0 Å². The van der Waals surface area contributed by atoms with Gasteiger partial charge in [-0.25, -0.2) is 10.1 Å². The summed E-state index contributed by atoms with van der Waals surface area (Å²) in [6.45, 7) is -0.259. The van der Waals surface area contributed by atoms with Gasteiger partial charge in [0.1, 0.15) is 5.69 Å². The van der Waals surface area contributed by atoms with E-state index in [2.05, 4.69) is 15.8 Å². The third kappa shape index (κ3) is 5.70. The van der Waals surface area contributed by atoms with Gasteiger partial charge >= 0.3 is 0 Å². The zero-order chi connectivity index (χ0) is 23.9. The van der Waals surface area contributed by atoms with Crippen molar-refractivity contribution in [1.82, 2.24) is 20.5 Å². The molecule has 0 bridgehead atoms. The van der Waals surface area contributed by atoms with Gasteiger partial charge < -0.3 is 5.32 Å². The topological polar surface area (TPSA) is 88.4 Å². The molecule has 0 aliphatic heterocycles. The summed E-state index contributed by atoms with van der Waals surface area (Å²) in [6, 6.07) is 23.8. The van der Waals surface area contributed by atoms with Crippen LogP contribution in [0.1, 0.15) is 15.9 Å². The monoisotopic (exact) mass is 491 g/mol. The number of aromatic nitrogens is 2. The number of rotatable bonds is 7. The molecule has 2 amide bonds. The van der Waals surface area contributed by atoms with Crippen molar-refractivity contribution in [3.63, 3.8) is 0 Å². The smallest absolute Gasteiger partial charge is 0.259 e. The molecular weight excluding hydrogens is 473 g/mol. The second kappa shape index (κ2) is 10.8. The van der Waals surface area contributed by atoms with Crippen LogP contribution >= 0.6 is 23.2 Å². The van der Waals surface area contributed by atoms with E-state index in [-0.39, 0.29) is 11.6 Å². The van der Waals surface area contributed by atoms with E-state index in [1.165, 1.54) is 24.4 Å². The molecule has 0 aliphatic rings. The van der Waals surface area contributed by atoms with Crippen molar-refractivity contribution >= 4 is 41.2 Å². The number of carbonyl (C=O) groups excluding carboxylic acids is 2. The van der Waals surface area contributed by atoms with E-state index in [9.17, 15) is 9.59 Å². The van der Waals surface area contributed by atoms with E-state index < -0.39 is 11.8 Å². The Morgan fingerprint density at radius 1 is 0.941 bits per heavy atom. The van der Waals surface area contributed by atoms with Gasteiger partial charge in [-0.3, -0.25) is 9.59 Å². The molecule has 1 aromatic heterocycles. The second-order valence-corrected chi connectivity index (χ2v) is 8.00. The average molecular weight is 492 g/mol. The van der Waals surface area contributed by atoms with Gasteiger partial charge in [0.05, 0.1) is 28.5 Å². The van der Waals surface area contributed by atoms with Crippen LogP contribution in [0.15, 0.2) is 90.2 Å². The Kier molecular flexibility index (Phi) is 7.37. The maximum absolute atomic E-state index is 12.2. The molecule has 2 N–H and O–H groups in total. The lowest BCUT2D eigenvalue weighted by atomic mass is 10.1. The number of halogens is 2.